The van der Waals surface area contributed by atoms with E-state index >= 15 is 0 Å². The van der Waals surface area contributed by atoms with Crippen LogP contribution in [0.3, 0.4) is 0 Å². The zero-order chi connectivity index (χ0) is 14.0. The van der Waals surface area contributed by atoms with Crippen LogP contribution < -0.4 is 10.6 Å². The topological polar surface area (TPSA) is 17.1 Å². The largest absolute Gasteiger partial charge is 0.314 e. The highest BCUT2D eigenvalue weighted by atomic mass is 31.2. The van der Waals surface area contributed by atoms with Gasteiger partial charge in [-0.2, -0.15) is 0 Å². The monoisotopic (exact) mass is 284 g/mol. The lowest BCUT2D eigenvalue weighted by Crippen LogP contribution is -2.21. The SMILES string of the molecule is CCCCP1(=O)c2ccccc2CCc2ccccc21. The van der Waals surface area contributed by atoms with Crippen molar-refractivity contribution in [2.45, 2.75) is 32.6 Å². The van der Waals surface area contributed by atoms with Gasteiger partial charge in [-0.3, -0.25) is 0 Å². The Bertz CT molecular complexity index is 608. The first-order chi connectivity index (χ1) is 9.75. The first-order valence-corrected chi connectivity index (χ1v) is 9.41. The third kappa shape index (κ3) is 2.25. The average molecular weight is 284 g/mol. The minimum Gasteiger partial charge on any atom is -0.314 e. The van der Waals surface area contributed by atoms with E-state index < -0.39 is 7.14 Å². The van der Waals surface area contributed by atoms with E-state index in [2.05, 4.69) is 43.3 Å². The molecular formula is C18H21OP. The van der Waals surface area contributed by atoms with Crippen LogP contribution in [0.4, 0.5) is 0 Å². The second kappa shape index (κ2) is 5.58. The molecule has 1 aliphatic heterocycles. The predicted octanol–water partition coefficient (Wildman–Crippen LogP) is 3.90. The number of fused-ring (bicyclic) bond motifs is 2. The molecule has 0 saturated carbocycles. The van der Waals surface area contributed by atoms with Crippen molar-refractivity contribution in [3.05, 3.63) is 59.7 Å². The second-order valence-electron chi connectivity index (χ2n) is 5.57. The number of benzene rings is 2. The fraction of sp³-hybridized carbons (Fsp3) is 0.333. The maximum absolute atomic E-state index is 13.9. The Kier molecular flexibility index (Phi) is 3.81. The molecule has 3 rings (SSSR count). The lowest BCUT2D eigenvalue weighted by Gasteiger charge is -2.21. The van der Waals surface area contributed by atoms with Gasteiger partial charge in [0.25, 0.3) is 0 Å². The van der Waals surface area contributed by atoms with Crippen LogP contribution in [0.25, 0.3) is 0 Å². The fourth-order valence-corrected chi connectivity index (χ4v) is 6.63. The summed E-state index contributed by atoms with van der Waals surface area (Å²) in [6.07, 6.45) is 4.93. The summed E-state index contributed by atoms with van der Waals surface area (Å²) in [5.74, 6) is 0. The molecule has 0 N–H and O–H groups in total. The van der Waals surface area contributed by atoms with E-state index in [4.69, 9.17) is 0 Å². The molecule has 1 heterocycles. The van der Waals surface area contributed by atoms with Crippen molar-refractivity contribution >= 4 is 17.8 Å². The molecule has 1 nitrogen and oxygen atoms in total. The molecule has 20 heavy (non-hydrogen) atoms. The molecule has 0 saturated heterocycles. The van der Waals surface area contributed by atoms with Crippen LogP contribution in [0.2, 0.25) is 0 Å². The van der Waals surface area contributed by atoms with Gasteiger partial charge in [0.2, 0.25) is 0 Å². The molecule has 0 aliphatic carbocycles. The minimum absolute atomic E-state index is 0.803. The van der Waals surface area contributed by atoms with Gasteiger partial charge in [-0.05, 0) is 30.4 Å². The van der Waals surface area contributed by atoms with E-state index in [0.29, 0.717) is 0 Å². The number of hydrogen-bond donors (Lipinski definition) is 0. The number of unbranched alkanes of at least 4 members (excludes halogenated alkanes) is 1. The molecule has 0 bridgehead atoms. The summed E-state index contributed by atoms with van der Waals surface area (Å²) >= 11 is 0. The van der Waals surface area contributed by atoms with Crippen LogP contribution >= 0.6 is 7.14 Å². The predicted molar refractivity (Wildman–Crippen MR) is 86.9 cm³/mol. The average Bonchev–Trinajstić information content (AvgIpc) is 2.62. The Balaban J connectivity index is 2.21. The molecule has 0 amide bonds. The molecule has 0 fully saturated rings. The first kappa shape index (κ1) is 13.6. The van der Waals surface area contributed by atoms with Crippen molar-refractivity contribution in [1.82, 2.24) is 0 Å². The van der Waals surface area contributed by atoms with Gasteiger partial charge in [0.1, 0.15) is 7.14 Å². The third-order valence-corrected chi connectivity index (χ3v) is 7.63. The normalized spacial score (nSPS) is 16.1. The van der Waals surface area contributed by atoms with Crippen LogP contribution in [0, 0.1) is 0 Å². The summed E-state index contributed by atoms with van der Waals surface area (Å²) in [6, 6.07) is 16.7. The second-order valence-corrected chi connectivity index (χ2v) is 8.46. The van der Waals surface area contributed by atoms with Crippen molar-refractivity contribution in [1.29, 1.82) is 0 Å². The maximum Gasteiger partial charge on any atom is 0.143 e. The Morgan fingerprint density at radius 3 is 1.90 bits per heavy atom. The fourth-order valence-electron chi connectivity index (χ4n) is 3.17. The summed E-state index contributed by atoms with van der Waals surface area (Å²) in [5, 5.41) is 2.22. The molecule has 0 spiro atoms. The van der Waals surface area contributed by atoms with Gasteiger partial charge in [0.05, 0.1) is 0 Å². The van der Waals surface area contributed by atoms with Crippen LogP contribution in [-0.4, -0.2) is 6.16 Å². The van der Waals surface area contributed by atoms with E-state index in [1.165, 1.54) is 11.1 Å². The van der Waals surface area contributed by atoms with Crippen LogP contribution in [0.1, 0.15) is 30.9 Å². The summed E-state index contributed by atoms with van der Waals surface area (Å²) in [4.78, 5) is 0. The highest BCUT2D eigenvalue weighted by molar-refractivity contribution is 7.78. The molecule has 0 aromatic heterocycles. The smallest absolute Gasteiger partial charge is 0.143 e. The summed E-state index contributed by atoms with van der Waals surface area (Å²) < 4.78 is 13.9. The van der Waals surface area contributed by atoms with Gasteiger partial charge >= 0.3 is 0 Å². The maximum atomic E-state index is 13.9. The quantitative estimate of drug-likeness (QED) is 0.781. The van der Waals surface area contributed by atoms with Crippen molar-refractivity contribution in [2.24, 2.45) is 0 Å². The number of aryl methyl sites for hydroxylation is 2. The Morgan fingerprint density at radius 2 is 1.40 bits per heavy atom. The minimum atomic E-state index is -2.45. The Labute approximate surface area is 121 Å². The third-order valence-electron chi connectivity index (χ3n) is 4.25. The van der Waals surface area contributed by atoms with E-state index in [9.17, 15) is 4.57 Å². The zero-order valence-electron chi connectivity index (χ0n) is 12.0. The molecule has 0 radical (unpaired) electrons. The van der Waals surface area contributed by atoms with Crippen LogP contribution in [0.5, 0.6) is 0 Å². The van der Waals surface area contributed by atoms with E-state index in [-0.39, 0.29) is 0 Å². The van der Waals surface area contributed by atoms with Gasteiger partial charge in [0.15, 0.2) is 0 Å². The van der Waals surface area contributed by atoms with Crippen molar-refractivity contribution < 1.29 is 4.57 Å². The summed E-state index contributed by atoms with van der Waals surface area (Å²) in [7, 11) is -2.45. The molecule has 104 valence electrons. The van der Waals surface area contributed by atoms with E-state index in [1.54, 1.807) is 0 Å². The molecule has 2 aromatic rings. The molecule has 0 atom stereocenters. The Hall–Kier alpha value is -1.33. The van der Waals surface area contributed by atoms with Gasteiger partial charge in [-0.15, -0.1) is 0 Å². The molecule has 2 aromatic carbocycles. The van der Waals surface area contributed by atoms with Gasteiger partial charge in [-0.1, -0.05) is 61.9 Å². The van der Waals surface area contributed by atoms with E-state index in [1.807, 2.05) is 12.1 Å². The highest BCUT2D eigenvalue weighted by Crippen LogP contribution is 2.47. The molecule has 2 heteroatoms. The standard InChI is InChI=1S/C18H21OP/c1-2-3-14-20(19)17-10-6-4-8-15(17)12-13-16-9-5-7-11-18(16)20/h4-11H,2-3,12-14H2,1H3. The summed E-state index contributed by atoms with van der Waals surface area (Å²) in [5.41, 5.74) is 2.56. The number of rotatable bonds is 3. The molecule has 1 aliphatic rings. The highest BCUT2D eigenvalue weighted by Gasteiger charge is 2.32. The van der Waals surface area contributed by atoms with Gasteiger partial charge in [-0.25, -0.2) is 0 Å². The lowest BCUT2D eigenvalue weighted by molar-refractivity contribution is 0.585. The van der Waals surface area contributed by atoms with Crippen molar-refractivity contribution in [2.75, 3.05) is 6.16 Å². The van der Waals surface area contributed by atoms with Crippen molar-refractivity contribution in [3.8, 4) is 0 Å². The Morgan fingerprint density at radius 1 is 0.900 bits per heavy atom. The van der Waals surface area contributed by atoms with Crippen molar-refractivity contribution in [3.63, 3.8) is 0 Å². The van der Waals surface area contributed by atoms with Crippen LogP contribution in [-0.2, 0) is 17.4 Å². The zero-order valence-corrected chi connectivity index (χ0v) is 12.9. The van der Waals surface area contributed by atoms with Gasteiger partial charge in [0, 0.05) is 16.8 Å². The number of hydrogen-bond acceptors (Lipinski definition) is 1. The van der Waals surface area contributed by atoms with E-state index in [0.717, 1.165) is 42.5 Å². The lowest BCUT2D eigenvalue weighted by atomic mass is 10.0. The molecule has 0 unspecified atom stereocenters. The molecular weight excluding hydrogens is 263 g/mol. The van der Waals surface area contributed by atoms with Gasteiger partial charge < -0.3 is 4.57 Å². The van der Waals surface area contributed by atoms with Crippen LogP contribution in [0.15, 0.2) is 48.5 Å². The summed E-state index contributed by atoms with van der Waals surface area (Å²) in [6.45, 7) is 2.17. The first-order valence-electron chi connectivity index (χ1n) is 7.51.